The van der Waals surface area contributed by atoms with E-state index in [2.05, 4.69) is 49.2 Å². The number of nitrogens with zero attached hydrogens (tertiary/aromatic N) is 2. The molecule has 240 valence electrons. The highest BCUT2D eigenvalue weighted by Gasteiger charge is 2.17. The molecule has 2 aromatic carbocycles. The van der Waals surface area contributed by atoms with Gasteiger partial charge in [0.25, 0.3) is 0 Å². The minimum atomic E-state index is 0. The lowest BCUT2D eigenvalue weighted by atomic mass is 10.1. The van der Waals surface area contributed by atoms with Crippen molar-refractivity contribution >= 4 is 40.3 Å². The van der Waals surface area contributed by atoms with Gasteiger partial charge in [0, 0.05) is 24.9 Å². The third kappa shape index (κ3) is 13.6. The molecule has 7 heteroatoms. The third-order valence-corrected chi connectivity index (χ3v) is 8.91. The third-order valence-electron chi connectivity index (χ3n) is 7.88. The van der Waals surface area contributed by atoms with Crippen molar-refractivity contribution in [3.63, 3.8) is 0 Å². The predicted molar refractivity (Wildman–Crippen MR) is 190 cm³/mol. The first-order chi connectivity index (χ1) is 20.5. The number of allylic oxidation sites excluding steroid dienone is 1. The molecule has 5 nitrogen and oxygen atoms in total. The Bertz CT molecular complexity index is 1090. The number of carbonyl (C=O) groups excluding carboxylic acids is 1. The Hall–Kier alpha value is -2.12. The summed E-state index contributed by atoms with van der Waals surface area (Å²) in [6, 6.07) is 14.4. The van der Waals surface area contributed by atoms with Crippen molar-refractivity contribution in [3.05, 3.63) is 64.7 Å². The highest BCUT2D eigenvalue weighted by Crippen LogP contribution is 2.30. The summed E-state index contributed by atoms with van der Waals surface area (Å²) >= 11 is 1.87. The van der Waals surface area contributed by atoms with Crippen LogP contribution in [0.3, 0.4) is 0 Å². The van der Waals surface area contributed by atoms with Gasteiger partial charge < -0.3 is 19.3 Å². The molecule has 0 aromatic heterocycles. The zero-order valence-corrected chi connectivity index (χ0v) is 29.6. The molecule has 1 heterocycles. The van der Waals surface area contributed by atoms with Gasteiger partial charge in [-0.05, 0) is 53.6 Å². The standard InChI is InChI=1S/C36H54N2O3S.BrH/c1-5-7-8-9-10-11-12-13-14-15-16-17-24-41-34-23-20-32(25-35(34)40-4)28-38(36(39)6-2)33-21-18-31(19-22-33)27-37-26-30(3)42-29-37;/h18-23,25-26H,5-17,24,27-29H2,1-4H3;1H. The van der Waals surface area contributed by atoms with Gasteiger partial charge in [-0.25, -0.2) is 0 Å². The Kier molecular flexibility index (Phi) is 18.6. The molecule has 3 rings (SSSR count). The summed E-state index contributed by atoms with van der Waals surface area (Å²) in [5, 5.41) is 0. The van der Waals surface area contributed by atoms with E-state index in [4.69, 9.17) is 9.47 Å². The van der Waals surface area contributed by atoms with Gasteiger partial charge in [0.15, 0.2) is 11.5 Å². The first-order valence-electron chi connectivity index (χ1n) is 16.3. The number of amides is 1. The lowest BCUT2D eigenvalue weighted by molar-refractivity contribution is -0.118. The van der Waals surface area contributed by atoms with Crippen molar-refractivity contribution in [2.45, 2.75) is 117 Å². The Morgan fingerprint density at radius 2 is 1.44 bits per heavy atom. The minimum Gasteiger partial charge on any atom is -0.493 e. The average Bonchev–Trinajstić information content (AvgIpc) is 3.42. The average molecular weight is 676 g/mol. The highest BCUT2D eigenvalue weighted by molar-refractivity contribution is 8.93. The topological polar surface area (TPSA) is 42.0 Å². The van der Waals surface area contributed by atoms with Crippen molar-refractivity contribution in [2.75, 3.05) is 24.5 Å². The van der Waals surface area contributed by atoms with Gasteiger partial charge in [0.1, 0.15) is 0 Å². The number of rotatable bonds is 21. The molecule has 0 unspecified atom stereocenters. The second-order valence-corrected chi connectivity index (χ2v) is 12.7. The molecule has 43 heavy (non-hydrogen) atoms. The van der Waals surface area contributed by atoms with Crippen LogP contribution in [0.4, 0.5) is 5.69 Å². The maximum absolute atomic E-state index is 12.9. The molecular formula is C36H55BrN2O3S. The SMILES string of the molecule is Br.CCCCCCCCCCCCCCOc1ccc(CN(C(=O)CC)c2ccc(CN3C=C(C)SC3)cc2)cc1OC. The van der Waals surface area contributed by atoms with Crippen molar-refractivity contribution < 1.29 is 14.3 Å². The second-order valence-electron chi connectivity index (χ2n) is 11.5. The van der Waals surface area contributed by atoms with Gasteiger partial charge >= 0.3 is 0 Å². The summed E-state index contributed by atoms with van der Waals surface area (Å²) < 4.78 is 11.8. The van der Waals surface area contributed by atoms with Crippen LogP contribution >= 0.6 is 28.7 Å². The van der Waals surface area contributed by atoms with E-state index in [0.717, 1.165) is 41.6 Å². The molecule has 2 aromatic rings. The van der Waals surface area contributed by atoms with Gasteiger partial charge in [-0.2, -0.15) is 0 Å². The molecule has 0 spiro atoms. The van der Waals surface area contributed by atoms with E-state index >= 15 is 0 Å². The van der Waals surface area contributed by atoms with E-state index in [1.54, 1.807) is 7.11 Å². The molecule has 1 amide bonds. The highest BCUT2D eigenvalue weighted by atomic mass is 79.9. The van der Waals surface area contributed by atoms with Crippen molar-refractivity contribution in [1.29, 1.82) is 0 Å². The summed E-state index contributed by atoms with van der Waals surface area (Å²) in [6.07, 6.45) is 18.6. The van der Waals surface area contributed by atoms with Crippen molar-refractivity contribution in [2.24, 2.45) is 0 Å². The lowest BCUT2D eigenvalue weighted by Crippen LogP contribution is -2.29. The smallest absolute Gasteiger partial charge is 0.227 e. The molecule has 0 radical (unpaired) electrons. The molecule has 0 fully saturated rings. The maximum Gasteiger partial charge on any atom is 0.227 e. The predicted octanol–water partition coefficient (Wildman–Crippen LogP) is 10.7. The van der Waals surface area contributed by atoms with Crippen LogP contribution in [0, 0.1) is 0 Å². The van der Waals surface area contributed by atoms with Crippen LogP contribution < -0.4 is 14.4 Å². The fourth-order valence-electron chi connectivity index (χ4n) is 5.38. The molecule has 0 aliphatic carbocycles. The first-order valence-corrected chi connectivity index (χ1v) is 17.3. The van der Waals surface area contributed by atoms with Crippen LogP contribution in [0.15, 0.2) is 53.6 Å². The number of carbonyl (C=O) groups is 1. The van der Waals surface area contributed by atoms with E-state index in [-0.39, 0.29) is 22.9 Å². The summed E-state index contributed by atoms with van der Waals surface area (Å²) in [6.45, 7) is 8.41. The number of anilines is 1. The van der Waals surface area contributed by atoms with E-state index in [0.29, 0.717) is 19.6 Å². The molecule has 0 N–H and O–H groups in total. The van der Waals surface area contributed by atoms with E-state index in [1.165, 1.54) is 81.1 Å². The quantitative estimate of drug-likeness (QED) is 0.123. The van der Waals surface area contributed by atoms with Crippen LogP contribution in [0.2, 0.25) is 0 Å². The summed E-state index contributed by atoms with van der Waals surface area (Å²) in [5.74, 6) is 2.59. The molecule has 1 aliphatic heterocycles. The Balaban J connectivity index is 0.00000645. The number of methoxy groups -OCH3 is 1. The number of hydrogen-bond donors (Lipinski definition) is 0. The molecule has 0 atom stereocenters. The van der Waals surface area contributed by atoms with Crippen LogP contribution in [-0.2, 0) is 17.9 Å². The number of benzene rings is 2. The number of ether oxygens (including phenoxy) is 2. The molecule has 0 bridgehead atoms. The summed E-state index contributed by atoms with van der Waals surface area (Å²) in [4.78, 5) is 18.5. The van der Waals surface area contributed by atoms with Gasteiger partial charge in [-0.15, -0.1) is 28.7 Å². The molecule has 0 saturated heterocycles. The summed E-state index contributed by atoms with van der Waals surface area (Å²) in [5.41, 5.74) is 3.18. The zero-order chi connectivity index (χ0) is 30.0. The van der Waals surface area contributed by atoms with Gasteiger partial charge in [0.05, 0.1) is 26.1 Å². The number of unbranched alkanes of at least 4 members (excludes halogenated alkanes) is 11. The van der Waals surface area contributed by atoms with Crippen LogP contribution in [0.5, 0.6) is 11.5 Å². The first kappa shape index (κ1) is 37.1. The van der Waals surface area contributed by atoms with Crippen LogP contribution in [0.25, 0.3) is 0 Å². The number of thioether (sulfide) groups is 1. The van der Waals surface area contributed by atoms with Crippen LogP contribution in [-0.4, -0.2) is 30.4 Å². The largest absolute Gasteiger partial charge is 0.493 e. The van der Waals surface area contributed by atoms with Crippen LogP contribution in [0.1, 0.15) is 115 Å². The monoisotopic (exact) mass is 674 g/mol. The van der Waals surface area contributed by atoms with E-state index in [1.807, 2.05) is 41.8 Å². The minimum absolute atomic E-state index is 0. The van der Waals surface area contributed by atoms with Gasteiger partial charge in [-0.1, -0.05) is 103 Å². The Morgan fingerprint density at radius 1 is 0.837 bits per heavy atom. The fraction of sp³-hybridized carbons (Fsp3) is 0.583. The molecule has 1 aliphatic rings. The second kappa shape index (κ2) is 21.6. The maximum atomic E-state index is 12.9. The molecular weight excluding hydrogens is 620 g/mol. The Morgan fingerprint density at radius 3 is 2.00 bits per heavy atom. The molecule has 0 saturated carbocycles. The number of hydrogen-bond acceptors (Lipinski definition) is 5. The summed E-state index contributed by atoms with van der Waals surface area (Å²) in [7, 11) is 1.68. The van der Waals surface area contributed by atoms with Crippen molar-refractivity contribution in [1.82, 2.24) is 4.90 Å². The van der Waals surface area contributed by atoms with E-state index in [9.17, 15) is 4.79 Å². The number of halogens is 1. The lowest BCUT2D eigenvalue weighted by Gasteiger charge is -2.24. The Labute approximate surface area is 276 Å². The van der Waals surface area contributed by atoms with Gasteiger partial charge in [0.2, 0.25) is 5.91 Å². The normalized spacial score (nSPS) is 12.6. The van der Waals surface area contributed by atoms with E-state index < -0.39 is 0 Å². The van der Waals surface area contributed by atoms with Gasteiger partial charge in [-0.3, -0.25) is 4.79 Å². The fourth-order valence-corrected chi connectivity index (χ4v) is 6.13. The zero-order valence-electron chi connectivity index (χ0n) is 27.1. The van der Waals surface area contributed by atoms with Crippen molar-refractivity contribution in [3.8, 4) is 11.5 Å².